The van der Waals surface area contributed by atoms with Crippen molar-refractivity contribution < 1.29 is 4.74 Å². The Morgan fingerprint density at radius 1 is 0.909 bits per heavy atom. The van der Waals surface area contributed by atoms with Crippen LogP contribution < -0.4 is 4.74 Å². The van der Waals surface area contributed by atoms with Gasteiger partial charge < -0.3 is 4.74 Å². The van der Waals surface area contributed by atoms with Gasteiger partial charge in [0.1, 0.15) is 11.4 Å². The predicted octanol–water partition coefficient (Wildman–Crippen LogP) is 5.47. The molecule has 0 radical (unpaired) electrons. The number of pyridine rings is 1. The van der Waals surface area contributed by atoms with Gasteiger partial charge in [-0.05, 0) is 24.4 Å². The Balaban J connectivity index is 1.94. The van der Waals surface area contributed by atoms with Crippen LogP contribution in [0.2, 0.25) is 0 Å². The van der Waals surface area contributed by atoms with Crippen LogP contribution in [0.15, 0.2) is 60.8 Å². The van der Waals surface area contributed by atoms with Crippen LogP contribution in [-0.4, -0.2) is 4.98 Å². The summed E-state index contributed by atoms with van der Waals surface area (Å²) in [6.45, 7) is 2.09. The standard InChI is InChI=1S/C20H13NO/c1-12-8-9-15-14(10-12)11-21-19-16-6-2-4-13-5-3-7-17(18(13)16)22-20(15)19/h2-11H,1H3. The fourth-order valence-corrected chi connectivity index (χ4v) is 3.31. The monoisotopic (exact) mass is 283 g/mol. The molecule has 0 fully saturated rings. The summed E-state index contributed by atoms with van der Waals surface area (Å²) in [5.74, 6) is 1.78. The van der Waals surface area contributed by atoms with Crippen molar-refractivity contribution in [2.45, 2.75) is 6.92 Å². The predicted molar refractivity (Wildman–Crippen MR) is 89.5 cm³/mol. The highest BCUT2D eigenvalue weighted by atomic mass is 16.5. The maximum absolute atomic E-state index is 6.24. The molecule has 0 N–H and O–H groups in total. The van der Waals surface area contributed by atoms with Gasteiger partial charge in [0.25, 0.3) is 0 Å². The molecular weight excluding hydrogens is 270 g/mol. The van der Waals surface area contributed by atoms with Crippen molar-refractivity contribution in [3.8, 4) is 22.8 Å². The minimum absolute atomic E-state index is 0.865. The molecule has 3 aromatic carbocycles. The normalized spacial score (nSPS) is 12.2. The lowest BCUT2D eigenvalue weighted by Gasteiger charge is -2.21. The summed E-state index contributed by atoms with van der Waals surface area (Å²) >= 11 is 0. The molecule has 2 heteroatoms. The smallest absolute Gasteiger partial charge is 0.161 e. The van der Waals surface area contributed by atoms with E-state index < -0.39 is 0 Å². The summed E-state index contributed by atoms with van der Waals surface area (Å²) in [6.07, 6.45) is 1.94. The molecular formula is C20H13NO. The van der Waals surface area contributed by atoms with E-state index in [4.69, 9.17) is 4.74 Å². The van der Waals surface area contributed by atoms with Gasteiger partial charge in [0.2, 0.25) is 0 Å². The van der Waals surface area contributed by atoms with Crippen LogP contribution in [0.3, 0.4) is 0 Å². The first kappa shape index (κ1) is 11.8. The van der Waals surface area contributed by atoms with Gasteiger partial charge in [0.05, 0.1) is 0 Å². The third-order valence-electron chi connectivity index (χ3n) is 4.33. The second kappa shape index (κ2) is 4.08. The number of ether oxygens (including phenoxy) is 1. The van der Waals surface area contributed by atoms with Gasteiger partial charge in [-0.1, -0.05) is 48.0 Å². The molecule has 1 aliphatic rings. The van der Waals surface area contributed by atoms with E-state index in [1.807, 2.05) is 18.3 Å². The summed E-state index contributed by atoms with van der Waals surface area (Å²) in [5.41, 5.74) is 3.31. The van der Waals surface area contributed by atoms with Crippen LogP contribution in [0.1, 0.15) is 5.56 Å². The van der Waals surface area contributed by atoms with Crippen LogP contribution >= 0.6 is 0 Å². The van der Waals surface area contributed by atoms with E-state index in [2.05, 4.69) is 54.4 Å². The summed E-state index contributed by atoms with van der Waals surface area (Å²) in [6, 6.07) is 18.9. The number of rotatable bonds is 0. The maximum Gasteiger partial charge on any atom is 0.161 e. The van der Waals surface area contributed by atoms with Gasteiger partial charge in [-0.2, -0.15) is 0 Å². The number of nitrogens with zero attached hydrogens (tertiary/aromatic N) is 1. The second-order valence-corrected chi connectivity index (χ2v) is 5.79. The summed E-state index contributed by atoms with van der Waals surface area (Å²) in [4.78, 5) is 4.69. The molecule has 5 rings (SSSR count). The number of benzene rings is 3. The van der Waals surface area contributed by atoms with Gasteiger partial charge in [-0.15, -0.1) is 0 Å². The molecule has 2 nitrogen and oxygen atoms in total. The fraction of sp³-hybridized carbons (Fsp3) is 0.0500. The summed E-state index contributed by atoms with van der Waals surface area (Å²) in [5, 5.41) is 4.57. The minimum Gasteiger partial charge on any atom is -0.454 e. The van der Waals surface area contributed by atoms with Crippen LogP contribution in [0.5, 0.6) is 11.5 Å². The van der Waals surface area contributed by atoms with Crippen molar-refractivity contribution in [2.75, 3.05) is 0 Å². The maximum atomic E-state index is 6.24. The number of hydrogen-bond donors (Lipinski definition) is 0. The van der Waals surface area contributed by atoms with Crippen molar-refractivity contribution in [3.05, 3.63) is 66.4 Å². The van der Waals surface area contributed by atoms with Crippen LogP contribution in [0.25, 0.3) is 32.8 Å². The molecule has 0 saturated heterocycles. The zero-order valence-corrected chi connectivity index (χ0v) is 12.1. The molecule has 2 heterocycles. The van der Waals surface area contributed by atoms with Crippen molar-refractivity contribution in [1.82, 2.24) is 4.98 Å². The van der Waals surface area contributed by atoms with E-state index in [9.17, 15) is 0 Å². The molecule has 1 aromatic heterocycles. The van der Waals surface area contributed by atoms with Crippen molar-refractivity contribution in [1.29, 1.82) is 0 Å². The molecule has 22 heavy (non-hydrogen) atoms. The largest absolute Gasteiger partial charge is 0.454 e. The van der Waals surface area contributed by atoms with Gasteiger partial charge in [-0.25, -0.2) is 0 Å². The summed E-state index contributed by atoms with van der Waals surface area (Å²) < 4.78 is 6.24. The molecule has 0 amide bonds. The van der Waals surface area contributed by atoms with Gasteiger partial charge in [-0.3, -0.25) is 4.98 Å². The van der Waals surface area contributed by atoms with E-state index in [1.165, 1.54) is 10.9 Å². The lowest BCUT2D eigenvalue weighted by molar-refractivity contribution is 0.490. The molecule has 0 spiro atoms. The Bertz CT molecular complexity index is 1060. The Labute approximate surface area is 128 Å². The molecule has 4 aromatic rings. The first-order valence-corrected chi connectivity index (χ1v) is 7.40. The average Bonchev–Trinajstić information content (AvgIpc) is 2.55. The third kappa shape index (κ3) is 1.47. The van der Waals surface area contributed by atoms with Crippen molar-refractivity contribution in [2.24, 2.45) is 0 Å². The Morgan fingerprint density at radius 2 is 1.77 bits per heavy atom. The fourth-order valence-electron chi connectivity index (χ4n) is 3.31. The number of hydrogen-bond acceptors (Lipinski definition) is 2. The molecule has 0 bridgehead atoms. The molecule has 0 unspecified atom stereocenters. The molecule has 0 saturated carbocycles. The highest BCUT2D eigenvalue weighted by Crippen LogP contribution is 2.47. The van der Waals surface area contributed by atoms with E-state index in [1.54, 1.807) is 0 Å². The van der Waals surface area contributed by atoms with E-state index in [0.29, 0.717) is 0 Å². The lowest BCUT2D eigenvalue weighted by atomic mass is 9.96. The highest BCUT2D eigenvalue weighted by Gasteiger charge is 2.22. The number of aryl methyl sites for hydroxylation is 1. The first-order valence-electron chi connectivity index (χ1n) is 7.40. The van der Waals surface area contributed by atoms with E-state index >= 15 is 0 Å². The zero-order chi connectivity index (χ0) is 14.7. The van der Waals surface area contributed by atoms with Crippen molar-refractivity contribution in [3.63, 3.8) is 0 Å². The zero-order valence-electron chi connectivity index (χ0n) is 12.1. The van der Waals surface area contributed by atoms with Crippen LogP contribution in [-0.2, 0) is 0 Å². The van der Waals surface area contributed by atoms with Crippen molar-refractivity contribution >= 4 is 21.5 Å². The van der Waals surface area contributed by atoms with Gasteiger partial charge in [0, 0.05) is 27.9 Å². The summed E-state index contributed by atoms with van der Waals surface area (Å²) in [7, 11) is 0. The van der Waals surface area contributed by atoms with E-state index in [0.717, 1.165) is 38.9 Å². The highest BCUT2D eigenvalue weighted by molar-refractivity contribution is 6.06. The second-order valence-electron chi connectivity index (χ2n) is 5.79. The lowest BCUT2D eigenvalue weighted by Crippen LogP contribution is -1.99. The average molecular weight is 283 g/mol. The van der Waals surface area contributed by atoms with E-state index in [-0.39, 0.29) is 0 Å². The third-order valence-corrected chi connectivity index (χ3v) is 4.33. The van der Waals surface area contributed by atoms with Crippen LogP contribution in [0, 0.1) is 6.92 Å². The molecule has 0 atom stereocenters. The number of fused-ring (bicyclic) bond motifs is 4. The molecule has 0 aliphatic carbocycles. The SMILES string of the molecule is Cc1ccc2c3c(ncc2c1)-c1cccc2cccc(c12)O3. The Kier molecular flexibility index (Phi) is 2.18. The van der Waals surface area contributed by atoms with Crippen LogP contribution in [0.4, 0.5) is 0 Å². The number of aromatic nitrogens is 1. The first-order chi connectivity index (χ1) is 10.8. The topological polar surface area (TPSA) is 22.1 Å². The Hall–Kier alpha value is -2.87. The minimum atomic E-state index is 0.865. The molecule has 1 aliphatic heterocycles. The quantitative estimate of drug-likeness (QED) is 0.376. The molecule has 104 valence electrons. The van der Waals surface area contributed by atoms with Gasteiger partial charge in [0.15, 0.2) is 5.75 Å². The Morgan fingerprint density at radius 3 is 2.68 bits per heavy atom. The van der Waals surface area contributed by atoms with Gasteiger partial charge >= 0.3 is 0 Å².